The molecule has 0 spiro atoms. The van der Waals surface area contributed by atoms with E-state index in [4.69, 9.17) is 21.4 Å². The summed E-state index contributed by atoms with van der Waals surface area (Å²) in [6, 6.07) is 7.47. The van der Waals surface area contributed by atoms with E-state index in [9.17, 15) is 14.0 Å². The SMILES string of the molecule is COc1cc2ncnc(Nc3ccc(F)c(Cl)c3)c2cc1NC(=O)/C=C/CCC(=O)O. The Hall–Kier alpha value is -3.72. The Balaban J connectivity index is 1.89. The van der Waals surface area contributed by atoms with Crippen LogP contribution in [0.1, 0.15) is 12.8 Å². The van der Waals surface area contributed by atoms with Gasteiger partial charge in [-0.25, -0.2) is 14.4 Å². The molecule has 0 bridgehead atoms. The van der Waals surface area contributed by atoms with Crippen LogP contribution in [0.4, 0.5) is 21.6 Å². The number of nitrogens with zero attached hydrogens (tertiary/aromatic N) is 2. The van der Waals surface area contributed by atoms with Gasteiger partial charge in [-0.3, -0.25) is 9.59 Å². The summed E-state index contributed by atoms with van der Waals surface area (Å²) in [5.74, 6) is -1.12. The van der Waals surface area contributed by atoms with Crippen molar-refractivity contribution in [1.29, 1.82) is 0 Å². The number of methoxy groups -OCH3 is 1. The Bertz CT molecular complexity index is 1170. The lowest BCUT2D eigenvalue weighted by atomic mass is 10.1. The lowest BCUT2D eigenvalue weighted by Crippen LogP contribution is -2.09. The number of aliphatic carboxylic acids is 1. The highest BCUT2D eigenvalue weighted by molar-refractivity contribution is 6.31. The predicted molar refractivity (Wildman–Crippen MR) is 115 cm³/mol. The Morgan fingerprint density at radius 1 is 1.26 bits per heavy atom. The van der Waals surface area contributed by atoms with Gasteiger partial charge in [0, 0.05) is 23.6 Å². The Kier molecular flexibility index (Phi) is 6.99. The maximum atomic E-state index is 13.4. The second kappa shape index (κ2) is 9.86. The minimum absolute atomic E-state index is 0.0346. The number of carbonyl (C=O) groups excluding carboxylic acids is 1. The summed E-state index contributed by atoms with van der Waals surface area (Å²) in [5, 5.41) is 14.9. The number of aromatic nitrogens is 2. The van der Waals surface area contributed by atoms with Crippen molar-refractivity contribution in [2.24, 2.45) is 0 Å². The fraction of sp³-hybridized carbons (Fsp3) is 0.143. The Morgan fingerprint density at radius 3 is 2.77 bits per heavy atom. The first kappa shape index (κ1) is 22.0. The molecule has 0 aliphatic carbocycles. The van der Waals surface area contributed by atoms with Crippen molar-refractivity contribution >= 4 is 51.6 Å². The van der Waals surface area contributed by atoms with E-state index in [0.29, 0.717) is 33.8 Å². The summed E-state index contributed by atoms with van der Waals surface area (Å²) in [6.07, 6.45) is 4.26. The number of ether oxygens (including phenoxy) is 1. The number of anilines is 3. The molecule has 0 fully saturated rings. The first-order chi connectivity index (χ1) is 14.9. The molecule has 10 heteroatoms. The van der Waals surface area contributed by atoms with Crippen molar-refractivity contribution in [3.63, 3.8) is 0 Å². The highest BCUT2D eigenvalue weighted by Crippen LogP contribution is 2.33. The molecular formula is C21H18ClFN4O4. The van der Waals surface area contributed by atoms with Crippen molar-refractivity contribution in [2.45, 2.75) is 12.8 Å². The number of carboxylic acid groups (broad SMARTS) is 1. The van der Waals surface area contributed by atoms with Crippen molar-refractivity contribution in [1.82, 2.24) is 9.97 Å². The van der Waals surface area contributed by atoms with E-state index in [0.717, 1.165) is 0 Å². The topological polar surface area (TPSA) is 113 Å². The van der Waals surface area contributed by atoms with Crippen LogP contribution < -0.4 is 15.4 Å². The number of allylic oxidation sites excluding steroid dienone is 1. The summed E-state index contributed by atoms with van der Waals surface area (Å²) >= 11 is 5.84. The van der Waals surface area contributed by atoms with Crippen LogP contribution in [0.2, 0.25) is 5.02 Å². The molecule has 0 saturated heterocycles. The van der Waals surface area contributed by atoms with Crippen LogP contribution in [-0.2, 0) is 9.59 Å². The van der Waals surface area contributed by atoms with Crippen LogP contribution in [-0.4, -0.2) is 34.1 Å². The van der Waals surface area contributed by atoms with E-state index < -0.39 is 17.7 Å². The van der Waals surface area contributed by atoms with E-state index >= 15 is 0 Å². The molecule has 0 aliphatic heterocycles. The molecule has 8 nitrogen and oxygen atoms in total. The number of hydrogen-bond acceptors (Lipinski definition) is 6. The minimum Gasteiger partial charge on any atom is -0.494 e. The number of rotatable bonds is 8. The fourth-order valence-electron chi connectivity index (χ4n) is 2.73. The maximum Gasteiger partial charge on any atom is 0.303 e. The number of benzene rings is 2. The van der Waals surface area contributed by atoms with Gasteiger partial charge in [-0.2, -0.15) is 0 Å². The summed E-state index contributed by atoms with van der Waals surface area (Å²) < 4.78 is 18.8. The molecule has 31 heavy (non-hydrogen) atoms. The second-order valence-electron chi connectivity index (χ2n) is 6.37. The third-order valence-corrected chi connectivity index (χ3v) is 4.48. The number of halogens is 2. The van der Waals surface area contributed by atoms with E-state index in [1.54, 1.807) is 12.1 Å². The molecule has 3 aromatic rings. The first-order valence-electron chi connectivity index (χ1n) is 9.11. The molecule has 160 valence electrons. The number of carboxylic acids is 1. The molecule has 0 aliphatic rings. The van der Waals surface area contributed by atoms with Crippen LogP contribution in [0.15, 0.2) is 48.8 Å². The van der Waals surface area contributed by atoms with Crippen LogP contribution in [0.3, 0.4) is 0 Å². The molecule has 1 heterocycles. The van der Waals surface area contributed by atoms with Crippen LogP contribution in [0, 0.1) is 5.82 Å². The van der Waals surface area contributed by atoms with Gasteiger partial charge >= 0.3 is 5.97 Å². The number of carbonyl (C=O) groups is 2. The monoisotopic (exact) mass is 444 g/mol. The van der Waals surface area contributed by atoms with Crippen molar-refractivity contribution in [3.05, 3.63) is 59.7 Å². The lowest BCUT2D eigenvalue weighted by Gasteiger charge is -2.13. The quantitative estimate of drug-likeness (QED) is 0.437. The third-order valence-electron chi connectivity index (χ3n) is 4.19. The molecule has 0 atom stereocenters. The zero-order valence-electron chi connectivity index (χ0n) is 16.4. The number of fused-ring (bicyclic) bond motifs is 1. The lowest BCUT2D eigenvalue weighted by molar-refractivity contribution is -0.136. The van der Waals surface area contributed by atoms with Crippen molar-refractivity contribution < 1.29 is 23.8 Å². The zero-order chi connectivity index (χ0) is 22.4. The van der Waals surface area contributed by atoms with Gasteiger partial charge in [0.25, 0.3) is 0 Å². The van der Waals surface area contributed by atoms with E-state index in [-0.39, 0.29) is 17.9 Å². The summed E-state index contributed by atoms with van der Waals surface area (Å²) in [7, 11) is 1.46. The first-order valence-corrected chi connectivity index (χ1v) is 9.49. The molecule has 0 saturated carbocycles. The van der Waals surface area contributed by atoms with Gasteiger partial charge < -0.3 is 20.5 Å². The molecule has 1 aromatic heterocycles. The average molecular weight is 445 g/mol. The molecule has 0 unspecified atom stereocenters. The van der Waals surface area contributed by atoms with Crippen LogP contribution in [0.5, 0.6) is 5.75 Å². The number of hydrogen-bond donors (Lipinski definition) is 3. The van der Waals surface area contributed by atoms with Gasteiger partial charge in [-0.1, -0.05) is 17.7 Å². The third kappa shape index (κ3) is 5.67. The highest BCUT2D eigenvalue weighted by Gasteiger charge is 2.13. The van der Waals surface area contributed by atoms with Crippen LogP contribution in [0.25, 0.3) is 10.9 Å². The molecule has 1 amide bonds. The summed E-state index contributed by atoms with van der Waals surface area (Å²) in [6.45, 7) is 0. The van der Waals surface area contributed by atoms with E-state index in [1.165, 1.54) is 43.8 Å². The molecule has 2 aromatic carbocycles. The van der Waals surface area contributed by atoms with Gasteiger partial charge in [0.05, 0.1) is 23.3 Å². The Labute approximate surface area is 181 Å². The molecular weight excluding hydrogens is 427 g/mol. The fourth-order valence-corrected chi connectivity index (χ4v) is 2.91. The summed E-state index contributed by atoms with van der Waals surface area (Å²) in [4.78, 5) is 31.2. The van der Waals surface area contributed by atoms with Crippen LogP contribution >= 0.6 is 11.6 Å². The highest BCUT2D eigenvalue weighted by atomic mass is 35.5. The second-order valence-corrected chi connectivity index (χ2v) is 6.78. The van der Waals surface area contributed by atoms with Gasteiger partial charge in [0.1, 0.15) is 23.7 Å². The van der Waals surface area contributed by atoms with Crippen molar-refractivity contribution in [3.8, 4) is 5.75 Å². The zero-order valence-corrected chi connectivity index (χ0v) is 17.1. The van der Waals surface area contributed by atoms with Gasteiger partial charge in [0.15, 0.2) is 0 Å². The Morgan fingerprint density at radius 2 is 2.06 bits per heavy atom. The largest absolute Gasteiger partial charge is 0.494 e. The van der Waals surface area contributed by atoms with Crippen molar-refractivity contribution in [2.75, 3.05) is 17.7 Å². The van der Waals surface area contributed by atoms with Gasteiger partial charge in [0.2, 0.25) is 5.91 Å². The van der Waals surface area contributed by atoms with Gasteiger partial charge in [-0.05, 0) is 36.8 Å². The summed E-state index contributed by atoms with van der Waals surface area (Å²) in [5.41, 5.74) is 1.45. The number of nitrogens with one attached hydrogen (secondary N) is 2. The molecule has 0 radical (unpaired) electrons. The predicted octanol–water partition coefficient (Wildman–Crippen LogP) is 4.53. The smallest absolute Gasteiger partial charge is 0.303 e. The standard InChI is InChI=1S/C21H18ClFN4O4/c1-31-18-10-16-13(9-17(18)27-19(28)4-2-3-5-20(29)30)21(25-11-24-16)26-12-6-7-15(23)14(22)8-12/h2,4,6-11H,3,5H2,1H3,(H,27,28)(H,29,30)(H,24,25,26)/b4-2+. The van der Waals surface area contributed by atoms with E-state index in [2.05, 4.69) is 20.6 Å². The normalized spacial score (nSPS) is 10.9. The molecule has 3 rings (SSSR count). The van der Waals surface area contributed by atoms with E-state index in [1.807, 2.05) is 0 Å². The minimum atomic E-state index is -0.941. The maximum absolute atomic E-state index is 13.4. The molecule has 3 N–H and O–H groups in total. The average Bonchev–Trinajstić information content (AvgIpc) is 2.73. The van der Waals surface area contributed by atoms with Gasteiger partial charge in [-0.15, -0.1) is 0 Å². The number of amides is 1.